The van der Waals surface area contributed by atoms with Crippen molar-refractivity contribution in [3.8, 4) is 17.2 Å². The molecular formula is C17H21NO2. The van der Waals surface area contributed by atoms with Crippen molar-refractivity contribution in [2.24, 2.45) is 5.73 Å². The number of rotatable bonds is 6. The molecule has 1 unspecified atom stereocenters. The topological polar surface area (TPSA) is 44.5 Å². The van der Waals surface area contributed by atoms with Gasteiger partial charge in [0.1, 0.15) is 17.2 Å². The molecule has 2 aromatic carbocycles. The highest BCUT2D eigenvalue weighted by atomic mass is 16.5. The Morgan fingerprint density at radius 3 is 2.25 bits per heavy atom. The first-order chi connectivity index (χ1) is 9.74. The molecule has 0 saturated heterocycles. The lowest BCUT2D eigenvalue weighted by molar-refractivity contribution is 0.339. The number of benzene rings is 2. The van der Waals surface area contributed by atoms with E-state index in [-0.39, 0.29) is 6.04 Å². The molecule has 2 rings (SSSR count). The van der Waals surface area contributed by atoms with Crippen LogP contribution in [0.1, 0.15) is 31.9 Å². The lowest BCUT2D eigenvalue weighted by Crippen LogP contribution is -2.09. The summed E-state index contributed by atoms with van der Waals surface area (Å²) in [6.45, 7) is 4.69. The summed E-state index contributed by atoms with van der Waals surface area (Å²) < 4.78 is 11.3. The van der Waals surface area contributed by atoms with Gasteiger partial charge < -0.3 is 15.2 Å². The van der Waals surface area contributed by atoms with Crippen LogP contribution in [-0.4, -0.2) is 6.61 Å². The van der Waals surface area contributed by atoms with Gasteiger partial charge in [-0.1, -0.05) is 25.1 Å². The monoisotopic (exact) mass is 271 g/mol. The standard InChI is InChI=1S/C17H21NO2/c1-3-16(18)15-7-5-6-8-17(15)20-14-11-9-13(10-12-14)19-4-2/h5-12,16H,3-4,18H2,1-2H3. The normalized spacial score (nSPS) is 11.9. The maximum Gasteiger partial charge on any atom is 0.132 e. The van der Waals surface area contributed by atoms with Gasteiger partial charge in [-0.05, 0) is 43.7 Å². The van der Waals surface area contributed by atoms with E-state index in [1.54, 1.807) is 0 Å². The van der Waals surface area contributed by atoms with Crippen molar-refractivity contribution in [1.82, 2.24) is 0 Å². The van der Waals surface area contributed by atoms with Crippen LogP contribution >= 0.6 is 0 Å². The predicted octanol–water partition coefficient (Wildman–Crippen LogP) is 4.29. The van der Waals surface area contributed by atoms with E-state index in [9.17, 15) is 0 Å². The van der Waals surface area contributed by atoms with Gasteiger partial charge in [0, 0.05) is 11.6 Å². The fourth-order valence-electron chi connectivity index (χ4n) is 2.00. The Kier molecular flexibility index (Phi) is 5.02. The molecule has 0 spiro atoms. The number of nitrogens with two attached hydrogens (primary N) is 1. The Morgan fingerprint density at radius 1 is 0.950 bits per heavy atom. The van der Waals surface area contributed by atoms with E-state index in [0.717, 1.165) is 29.2 Å². The minimum atomic E-state index is -0.00565. The van der Waals surface area contributed by atoms with Crippen LogP contribution in [0.3, 0.4) is 0 Å². The molecule has 0 aliphatic heterocycles. The van der Waals surface area contributed by atoms with E-state index in [1.165, 1.54) is 0 Å². The molecule has 2 aromatic rings. The maximum atomic E-state index is 6.11. The first kappa shape index (κ1) is 14.4. The summed E-state index contributed by atoms with van der Waals surface area (Å²) in [5.41, 5.74) is 7.14. The van der Waals surface area contributed by atoms with Crippen molar-refractivity contribution in [2.45, 2.75) is 26.3 Å². The Hall–Kier alpha value is -2.00. The van der Waals surface area contributed by atoms with Gasteiger partial charge in [0.25, 0.3) is 0 Å². The summed E-state index contributed by atoms with van der Waals surface area (Å²) >= 11 is 0. The Bertz CT molecular complexity index is 537. The Morgan fingerprint density at radius 2 is 1.60 bits per heavy atom. The third-order valence-electron chi connectivity index (χ3n) is 3.12. The van der Waals surface area contributed by atoms with E-state index in [0.29, 0.717) is 6.61 Å². The molecule has 0 saturated carbocycles. The van der Waals surface area contributed by atoms with E-state index < -0.39 is 0 Å². The number of hydrogen-bond acceptors (Lipinski definition) is 3. The Balaban J connectivity index is 2.17. The molecular weight excluding hydrogens is 250 g/mol. The van der Waals surface area contributed by atoms with Gasteiger partial charge in [-0.25, -0.2) is 0 Å². The van der Waals surface area contributed by atoms with E-state index in [2.05, 4.69) is 6.92 Å². The SMILES string of the molecule is CCOc1ccc(Oc2ccccc2C(N)CC)cc1. The van der Waals surface area contributed by atoms with Crippen molar-refractivity contribution in [3.63, 3.8) is 0 Å². The fourth-order valence-corrected chi connectivity index (χ4v) is 2.00. The van der Waals surface area contributed by atoms with Crippen LogP contribution in [0, 0.1) is 0 Å². The van der Waals surface area contributed by atoms with Crippen molar-refractivity contribution in [3.05, 3.63) is 54.1 Å². The average molecular weight is 271 g/mol. The molecule has 3 nitrogen and oxygen atoms in total. The molecule has 0 amide bonds. The Labute approximate surface area is 120 Å². The molecule has 3 heteroatoms. The van der Waals surface area contributed by atoms with E-state index >= 15 is 0 Å². The zero-order valence-corrected chi connectivity index (χ0v) is 12.0. The quantitative estimate of drug-likeness (QED) is 0.852. The summed E-state index contributed by atoms with van der Waals surface area (Å²) in [6, 6.07) is 15.5. The van der Waals surface area contributed by atoms with Gasteiger partial charge in [0.05, 0.1) is 6.61 Å². The lowest BCUT2D eigenvalue weighted by atomic mass is 10.0. The molecule has 0 fully saturated rings. The van der Waals surface area contributed by atoms with Gasteiger partial charge in [0.15, 0.2) is 0 Å². The predicted molar refractivity (Wildman–Crippen MR) is 81.3 cm³/mol. The highest BCUT2D eigenvalue weighted by Gasteiger charge is 2.10. The number of para-hydroxylation sites is 1. The van der Waals surface area contributed by atoms with E-state index in [4.69, 9.17) is 15.2 Å². The highest BCUT2D eigenvalue weighted by Crippen LogP contribution is 2.30. The van der Waals surface area contributed by atoms with Crippen LogP contribution in [0.4, 0.5) is 0 Å². The van der Waals surface area contributed by atoms with Crippen LogP contribution in [-0.2, 0) is 0 Å². The molecule has 1 atom stereocenters. The van der Waals surface area contributed by atoms with Crippen molar-refractivity contribution in [2.75, 3.05) is 6.61 Å². The summed E-state index contributed by atoms with van der Waals surface area (Å²) in [5, 5.41) is 0. The van der Waals surface area contributed by atoms with E-state index in [1.807, 2.05) is 55.5 Å². The van der Waals surface area contributed by atoms with Crippen molar-refractivity contribution in [1.29, 1.82) is 0 Å². The van der Waals surface area contributed by atoms with Crippen LogP contribution in [0.25, 0.3) is 0 Å². The molecule has 0 aliphatic rings. The van der Waals surface area contributed by atoms with Crippen LogP contribution < -0.4 is 15.2 Å². The molecule has 0 aromatic heterocycles. The highest BCUT2D eigenvalue weighted by molar-refractivity contribution is 5.40. The van der Waals surface area contributed by atoms with Gasteiger partial charge in [0.2, 0.25) is 0 Å². The average Bonchev–Trinajstić information content (AvgIpc) is 2.49. The zero-order valence-electron chi connectivity index (χ0n) is 12.0. The molecule has 0 bridgehead atoms. The molecule has 106 valence electrons. The van der Waals surface area contributed by atoms with Crippen LogP contribution in [0.5, 0.6) is 17.2 Å². The minimum Gasteiger partial charge on any atom is -0.494 e. The summed E-state index contributed by atoms with van der Waals surface area (Å²) in [6.07, 6.45) is 0.879. The van der Waals surface area contributed by atoms with Gasteiger partial charge in [-0.3, -0.25) is 0 Å². The summed E-state index contributed by atoms with van der Waals surface area (Å²) in [4.78, 5) is 0. The van der Waals surface area contributed by atoms with Gasteiger partial charge in [-0.15, -0.1) is 0 Å². The largest absolute Gasteiger partial charge is 0.494 e. The number of ether oxygens (including phenoxy) is 2. The molecule has 20 heavy (non-hydrogen) atoms. The molecule has 2 N–H and O–H groups in total. The second-order valence-corrected chi connectivity index (χ2v) is 4.56. The smallest absolute Gasteiger partial charge is 0.132 e. The number of hydrogen-bond donors (Lipinski definition) is 1. The minimum absolute atomic E-state index is 0.00565. The second kappa shape index (κ2) is 6.96. The third-order valence-corrected chi connectivity index (χ3v) is 3.12. The van der Waals surface area contributed by atoms with Crippen LogP contribution in [0.15, 0.2) is 48.5 Å². The first-order valence-electron chi connectivity index (χ1n) is 6.99. The van der Waals surface area contributed by atoms with Gasteiger partial charge >= 0.3 is 0 Å². The van der Waals surface area contributed by atoms with Crippen LogP contribution in [0.2, 0.25) is 0 Å². The lowest BCUT2D eigenvalue weighted by Gasteiger charge is -2.15. The fraction of sp³-hybridized carbons (Fsp3) is 0.294. The maximum absolute atomic E-state index is 6.11. The first-order valence-corrected chi connectivity index (χ1v) is 6.99. The molecule has 0 aliphatic carbocycles. The zero-order chi connectivity index (χ0) is 14.4. The second-order valence-electron chi connectivity index (χ2n) is 4.56. The third kappa shape index (κ3) is 3.52. The molecule has 0 heterocycles. The van der Waals surface area contributed by atoms with Crippen molar-refractivity contribution >= 4 is 0 Å². The van der Waals surface area contributed by atoms with Crippen molar-refractivity contribution < 1.29 is 9.47 Å². The van der Waals surface area contributed by atoms with Gasteiger partial charge in [-0.2, -0.15) is 0 Å². The summed E-state index contributed by atoms with van der Waals surface area (Å²) in [5.74, 6) is 2.44. The molecule has 0 radical (unpaired) electrons. The summed E-state index contributed by atoms with van der Waals surface area (Å²) in [7, 11) is 0.